The highest BCUT2D eigenvalue weighted by Crippen LogP contribution is 2.49. The second-order valence-electron chi connectivity index (χ2n) is 22.2. The minimum atomic E-state index is -1.63. The van der Waals surface area contributed by atoms with E-state index >= 15 is 4.39 Å². The Morgan fingerprint density at radius 3 is 2.52 bits per heavy atom. The molecule has 17 nitrogen and oxygen atoms in total. The Labute approximate surface area is 450 Å². The number of nitrogens with one attached hydrogen (secondary N) is 2. The molecule has 12 rings (SSSR count). The maximum atomic E-state index is 16.5. The van der Waals surface area contributed by atoms with Gasteiger partial charge in [-0.15, -0.1) is 11.3 Å². The van der Waals surface area contributed by atoms with Crippen LogP contribution in [0.2, 0.25) is 0 Å². The first-order valence-corrected chi connectivity index (χ1v) is 28.0. The number of fused-ring (bicyclic) bond motifs is 6. The number of ether oxygens (including phenoxy) is 2. The number of alkyl halides is 1. The van der Waals surface area contributed by atoms with Gasteiger partial charge in [-0.2, -0.15) is 9.97 Å². The quantitative estimate of drug-likeness (QED) is 0.0764. The van der Waals surface area contributed by atoms with Crippen LogP contribution in [-0.2, 0) is 9.59 Å². The summed E-state index contributed by atoms with van der Waals surface area (Å²) in [6.45, 7) is 13.0. The van der Waals surface area contributed by atoms with Crippen molar-refractivity contribution >= 4 is 50.6 Å². The number of carbonyl (C=O) groups is 2. The molecule has 7 aromatic rings. The summed E-state index contributed by atoms with van der Waals surface area (Å²) in [5.41, 5.74) is 7.72. The van der Waals surface area contributed by atoms with Gasteiger partial charge >= 0.3 is 6.01 Å². The van der Waals surface area contributed by atoms with E-state index in [4.69, 9.17) is 28.9 Å². The number of benzene rings is 3. The van der Waals surface area contributed by atoms with Crippen molar-refractivity contribution in [1.82, 2.24) is 45.5 Å². The molecule has 4 saturated heterocycles. The highest BCUT2D eigenvalue weighted by Gasteiger charge is 2.44. The van der Waals surface area contributed by atoms with E-state index in [-0.39, 0.29) is 85.5 Å². The lowest BCUT2D eigenvalue weighted by Crippen LogP contribution is -2.51. The van der Waals surface area contributed by atoms with Crippen LogP contribution in [0.3, 0.4) is 0 Å². The highest BCUT2D eigenvalue weighted by molar-refractivity contribution is 7.13. The average molecular weight is 1070 g/mol. The number of aliphatic hydroxyl groups excluding tert-OH is 1. The molecule has 0 radical (unpaired) electrons. The number of β-amino-alcohol motifs (C(OH)–C–C–N with tert-alkyl or cyclic N) is 1. The molecule has 7 atom stereocenters. The Kier molecular flexibility index (Phi) is 13.6. The molecule has 3 unspecified atom stereocenters. The zero-order valence-corrected chi connectivity index (χ0v) is 44.9. The summed E-state index contributed by atoms with van der Waals surface area (Å²) in [4.78, 5) is 54.8. The second kappa shape index (κ2) is 20.5. The fraction of sp³-hybridized carbons (Fsp3) is 0.466. The number of phenols is 1. The van der Waals surface area contributed by atoms with Crippen LogP contribution >= 0.6 is 11.3 Å². The Morgan fingerprint density at radius 2 is 1.78 bits per heavy atom. The zero-order valence-electron chi connectivity index (χ0n) is 44.0. The van der Waals surface area contributed by atoms with Crippen LogP contribution in [-0.4, -0.2) is 139 Å². The Bertz CT molecular complexity index is 3350. The van der Waals surface area contributed by atoms with Crippen LogP contribution < -0.4 is 25.0 Å². The van der Waals surface area contributed by atoms with Crippen molar-refractivity contribution in [3.8, 4) is 39.3 Å². The third kappa shape index (κ3) is 9.84. The predicted octanol–water partition coefficient (Wildman–Crippen LogP) is 8.22. The maximum Gasteiger partial charge on any atom is 0.319 e. The van der Waals surface area contributed by atoms with Gasteiger partial charge in [-0.1, -0.05) is 63.2 Å². The molecule has 3 aromatic carbocycles. The molecule has 4 fully saturated rings. The fourth-order valence-corrected chi connectivity index (χ4v) is 13.3. The molecule has 402 valence electrons. The summed E-state index contributed by atoms with van der Waals surface area (Å²) in [6.07, 6.45) is 3.80. The number of aliphatic hydroxyl groups is 1. The number of amides is 2. The molecule has 4 aromatic heterocycles. The largest absolute Gasteiger partial charge is 0.508 e. The summed E-state index contributed by atoms with van der Waals surface area (Å²) < 4.78 is 34.5. The normalized spacial score (nSPS) is 22.6. The van der Waals surface area contributed by atoms with E-state index in [1.165, 1.54) is 11.0 Å². The van der Waals surface area contributed by atoms with E-state index in [1.807, 2.05) is 75.8 Å². The van der Waals surface area contributed by atoms with Gasteiger partial charge in [-0.25, -0.2) is 9.37 Å². The van der Waals surface area contributed by atoms with Gasteiger partial charge in [0.1, 0.15) is 42.4 Å². The molecule has 5 aliphatic rings. The molecular formula is C58H65FN10O7S. The highest BCUT2D eigenvalue weighted by atomic mass is 32.1. The van der Waals surface area contributed by atoms with E-state index in [9.17, 15) is 19.8 Å². The van der Waals surface area contributed by atoms with Gasteiger partial charge < -0.3 is 44.6 Å². The third-order valence-corrected chi connectivity index (χ3v) is 17.6. The number of piperidine rings is 1. The number of phenolic OH excluding ortho intramolecular Hbond substituents is 1. The van der Waals surface area contributed by atoms with Crippen LogP contribution in [0.25, 0.3) is 43.4 Å². The first kappa shape index (κ1) is 51.0. The fourth-order valence-electron chi connectivity index (χ4n) is 12.5. The Hall–Kier alpha value is -6.80. The van der Waals surface area contributed by atoms with Crippen molar-refractivity contribution in [3.63, 3.8) is 0 Å². The van der Waals surface area contributed by atoms with Gasteiger partial charge in [0, 0.05) is 87.1 Å². The van der Waals surface area contributed by atoms with Crippen molar-refractivity contribution in [1.29, 1.82) is 0 Å². The van der Waals surface area contributed by atoms with Crippen molar-refractivity contribution in [2.75, 3.05) is 57.4 Å². The Balaban J connectivity index is 0.673. The van der Waals surface area contributed by atoms with Crippen molar-refractivity contribution in [2.24, 2.45) is 5.92 Å². The molecule has 4 aliphatic heterocycles. The predicted molar refractivity (Wildman–Crippen MR) is 291 cm³/mol. The van der Waals surface area contributed by atoms with Gasteiger partial charge in [-0.05, 0) is 90.2 Å². The number of aryl methyl sites for hydroxylation is 1. The summed E-state index contributed by atoms with van der Waals surface area (Å²) in [5, 5.41) is 35.4. The molecule has 4 N–H and O–H groups in total. The average Bonchev–Trinajstić information content (AvgIpc) is 4.35. The lowest BCUT2D eigenvalue weighted by Gasteiger charge is -2.36. The number of hydrogen-bond acceptors (Lipinski definition) is 16. The van der Waals surface area contributed by atoms with E-state index in [0.717, 1.165) is 97.5 Å². The monoisotopic (exact) mass is 1060 g/mol. The van der Waals surface area contributed by atoms with Crippen LogP contribution in [0.15, 0.2) is 76.9 Å². The van der Waals surface area contributed by atoms with Crippen molar-refractivity contribution < 1.29 is 38.2 Å². The van der Waals surface area contributed by atoms with Crippen molar-refractivity contribution in [3.05, 3.63) is 101 Å². The molecule has 8 heterocycles. The summed E-state index contributed by atoms with van der Waals surface area (Å²) >= 11 is 1.58. The van der Waals surface area contributed by atoms with Crippen LogP contribution in [0, 0.1) is 12.8 Å². The SMILES string of the molecule is Cc1ncsc1-c1ccc([C@H](C)NC(=O)[C@@H]2C[C@@H](O)CN2C(=O)[C@@H](c2cc(OCC3(F)CCN(CCOc4nc(N5CC6CCC(C5)N6)c5cnc6c(c5n4)C(C)c4cccc5cc(O)cc-6c45)CC3)no2)C(C)C)cc1. The van der Waals surface area contributed by atoms with Crippen LogP contribution in [0.5, 0.6) is 17.6 Å². The van der Waals surface area contributed by atoms with Gasteiger partial charge in [0.05, 0.1) is 44.8 Å². The van der Waals surface area contributed by atoms with Gasteiger partial charge in [0.15, 0.2) is 5.76 Å². The molecule has 0 saturated carbocycles. The zero-order chi connectivity index (χ0) is 53.3. The first-order chi connectivity index (χ1) is 37.2. The van der Waals surface area contributed by atoms with Gasteiger partial charge in [0.2, 0.25) is 11.8 Å². The minimum Gasteiger partial charge on any atom is -0.508 e. The smallest absolute Gasteiger partial charge is 0.319 e. The standard InChI is InChI=1S/C58H65FN10O7S/c1-31(2)48(56(73)69-28-41(71)23-45(69)55(72)62-33(4)35-9-11-36(12-10-35)53-34(5)61-30-77-53)46-24-47(66-76-46)75-29-58(59)15-17-67(18-16-58)19-20-74-57-64-52-44(54(65-57)68-26-38-13-14-39(27-68)63-38)25-60-51-43-22-40(70)21-37-7-6-8-42(50(37)43)32(3)49(51)52/h6-12,21-22,24-25,30-33,38-39,41,45,48,63,70-71H,13-20,23,26-29H2,1-5H3,(H,62,72)/t32?,33-,38?,39?,41+,45-,48+/m0/s1. The number of carbonyl (C=O) groups excluding carboxylic acids is 2. The molecular weight excluding hydrogens is 1000 g/mol. The number of halogens is 1. The number of piperazine rings is 1. The topological polar surface area (TPSA) is 204 Å². The van der Waals surface area contributed by atoms with E-state index < -0.39 is 23.7 Å². The molecule has 0 spiro atoms. The Morgan fingerprint density at radius 1 is 1.00 bits per heavy atom. The van der Waals surface area contributed by atoms with E-state index in [2.05, 4.69) is 43.6 Å². The van der Waals surface area contributed by atoms with Crippen LogP contribution in [0.1, 0.15) is 106 Å². The number of thiazole rings is 1. The number of likely N-dealkylation sites (tertiary alicyclic amines) is 2. The molecule has 1 aliphatic carbocycles. The maximum absolute atomic E-state index is 16.5. The molecule has 77 heavy (non-hydrogen) atoms. The van der Waals surface area contributed by atoms with Crippen LogP contribution in [0.4, 0.5) is 10.2 Å². The lowest BCUT2D eigenvalue weighted by atomic mass is 9.79. The third-order valence-electron chi connectivity index (χ3n) is 16.7. The molecule has 2 bridgehead atoms. The number of rotatable bonds is 15. The summed E-state index contributed by atoms with van der Waals surface area (Å²) in [7, 11) is 0. The number of aromatic nitrogens is 5. The van der Waals surface area contributed by atoms with E-state index in [0.29, 0.717) is 38.3 Å². The number of anilines is 1. The first-order valence-electron chi connectivity index (χ1n) is 27.1. The number of pyridine rings is 1. The summed E-state index contributed by atoms with van der Waals surface area (Å²) in [6, 6.07) is 19.1. The van der Waals surface area contributed by atoms with Crippen molar-refractivity contribution in [2.45, 2.75) is 114 Å². The molecule has 19 heteroatoms. The van der Waals surface area contributed by atoms with Gasteiger partial charge in [0.25, 0.3) is 5.88 Å². The summed E-state index contributed by atoms with van der Waals surface area (Å²) in [5.74, 6) is -0.544. The second-order valence-corrected chi connectivity index (χ2v) is 23.1. The number of nitrogens with zero attached hydrogens (tertiary/aromatic N) is 8. The lowest BCUT2D eigenvalue weighted by molar-refractivity contribution is -0.141. The van der Waals surface area contributed by atoms with E-state index in [1.54, 1.807) is 23.5 Å². The minimum absolute atomic E-state index is 0.00227. The number of aromatic hydroxyl groups is 1. The molecule has 2 amide bonds. The van der Waals surface area contributed by atoms with Gasteiger partial charge in [-0.3, -0.25) is 19.5 Å². The number of hydrogen-bond donors (Lipinski definition) is 4.